The second kappa shape index (κ2) is 8.18. The first-order chi connectivity index (χ1) is 9.79. The van der Waals surface area contributed by atoms with Crippen molar-refractivity contribution in [2.75, 3.05) is 25.9 Å². The maximum absolute atomic E-state index is 11.5. The largest absolute Gasteiger partial charge is 0.481 e. The second-order valence-corrected chi connectivity index (χ2v) is 7.13. The first-order valence-corrected chi connectivity index (χ1v) is 8.88. The van der Waals surface area contributed by atoms with Crippen LogP contribution in [-0.4, -0.2) is 51.4 Å². The van der Waals surface area contributed by atoms with E-state index in [1.54, 1.807) is 0 Å². The predicted molar refractivity (Wildman–Crippen MR) is 77.3 cm³/mol. The van der Waals surface area contributed by atoms with Gasteiger partial charge in [0.05, 0.1) is 12.2 Å². The predicted octanol–water partition coefficient (Wildman–Crippen LogP) is -0.274. The molecule has 0 aromatic rings. The minimum Gasteiger partial charge on any atom is -0.481 e. The van der Waals surface area contributed by atoms with E-state index in [9.17, 15) is 18.0 Å². The van der Waals surface area contributed by atoms with Crippen LogP contribution in [0.2, 0.25) is 0 Å². The van der Waals surface area contributed by atoms with E-state index >= 15 is 0 Å². The van der Waals surface area contributed by atoms with Gasteiger partial charge in [-0.25, -0.2) is 17.9 Å². The molecule has 2 amide bonds. The number of carboxylic acid groups (broad SMARTS) is 1. The number of amides is 2. The minimum atomic E-state index is -3.26. The lowest BCUT2D eigenvalue weighted by molar-refractivity contribution is -0.144. The number of hydrogen-bond donors (Lipinski definition) is 4. The molecule has 0 saturated heterocycles. The lowest BCUT2D eigenvalue weighted by Gasteiger charge is -2.28. The lowest BCUT2D eigenvalue weighted by atomic mass is 9.79. The van der Waals surface area contributed by atoms with Crippen LogP contribution in [0, 0.1) is 11.8 Å². The van der Waals surface area contributed by atoms with Crippen molar-refractivity contribution in [3.05, 3.63) is 0 Å². The van der Waals surface area contributed by atoms with Crippen LogP contribution < -0.4 is 15.4 Å². The second-order valence-electron chi connectivity index (χ2n) is 5.29. The molecule has 2 unspecified atom stereocenters. The van der Waals surface area contributed by atoms with Crippen LogP contribution in [0.1, 0.15) is 25.7 Å². The highest BCUT2D eigenvalue weighted by molar-refractivity contribution is 7.88. The number of carboxylic acids is 1. The maximum Gasteiger partial charge on any atom is 0.314 e. The molecule has 1 saturated carbocycles. The van der Waals surface area contributed by atoms with Crippen LogP contribution >= 0.6 is 0 Å². The van der Waals surface area contributed by atoms with Crippen molar-refractivity contribution in [1.29, 1.82) is 0 Å². The Morgan fingerprint density at radius 1 is 1.14 bits per heavy atom. The molecule has 21 heavy (non-hydrogen) atoms. The molecule has 9 heteroatoms. The number of urea groups is 1. The average Bonchev–Trinajstić information content (AvgIpc) is 2.40. The van der Waals surface area contributed by atoms with Crippen LogP contribution in [0.5, 0.6) is 0 Å². The number of rotatable bonds is 7. The number of aliphatic carboxylic acids is 1. The molecule has 1 fully saturated rings. The summed E-state index contributed by atoms with van der Waals surface area (Å²) >= 11 is 0. The van der Waals surface area contributed by atoms with Gasteiger partial charge in [0.25, 0.3) is 0 Å². The number of nitrogens with one attached hydrogen (secondary N) is 3. The molecule has 1 rings (SSSR count). The van der Waals surface area contributed by atoms with Gasteiger partial charge >= 0.3 is 12.0 Å². The highest BCUT2D eigenvalue weighted by atomic mass is 32.2. The van der Waals surface area contributed by atoms with Gasteiger partial charge in [-0.3, -0.25) is 4.79 Å². The Morgan fingerprint density at radius 3 is 2.43 bits per heavy atom. The summed E-state index contributed by atoms with van der Waals surface area (Å²) in [6, 6.07) is -0.417. The Bertz CT molecular complexity index is 466. The lowest BCUT2D eigenvalue weighted by Crippen LogP contribution is -2.43. The summed E-state index contributed by atoms with van der Waals surface area (Å²) in [7, 11) is -3.26. The Morgan fingerprint density at radius 2 is 1.81 bits per heavy atom. The smallest absolute Gasteiger partial charge is 0.314 e. The van der Waals surface area contributed by atoms with E-state index in [1.807, 2.05) is 0 Å². The fourth-order valence-corrected chi connectivity index (χ4v) is 2.95. The number of carbonyl (C=O) groups excluding carboxylic acids is 1. The van der Waals surface area contributed by atoms with E-state index in [0.717, 1.165) is 25.5 Å². The molecule has 0 aliphatic heterocycles. The Labute approximate surface area is 124 Å². The molecular formula is C12H23N3O5S. The zero-order chi connectivity index (χ0) is 15.9. The molecule has 2 atom stereocenters. The fraction of sp³-hybridized carbons (Fsp3) is 0.833. The van der Waals surface area contributed by atoms with Gasteiger partial charge in [-0.1, -0.05) is 12.8 Å². The zero-order valence-electron chi connectivity index (χ0n) is 12.1. The van der Waals surface area contributed by atoms with E-state index in [2.05, 4.69) is 15.4 Å². The van der Waals surface area contributed by atoms with Crippen molar-refractivity contribution in [2.45, 2.75) is 25.7 Å². The van der Waals surface area contributed by atoms with Gasteiger partial charge in [-0.05, 0) is 18.8 Å². The summed E-state index contributed by atoms with van der Waals surface area (Å²) in [5.41, 5.74) is 0. The van der Waals surface area contributed by atoms with Crippen molar-refractivity contribution in [2.24, 2.45) is 11.8 Å². The van der Waals surface area contributed by atoms with Crippen molar-refractivity contribution >= 4 is 22.0 Å². The van der Waals surface area contributed by atoms with Gasteiger partial charge in [0.15, 0.2) is 0 Å². The molecule has 4 N–H and O–H groups in total. The fourth-order valence-electron chi connectivity index (χ4n) is 2.48. The molecule has 0 radical (unpaired) electrons. The third-order valence-electron chi connectivity index (χ3n) is 3.53. The van der Waals surface area contributed by atoms with Gasteiger partial charge in [-0.2, -0.15) is 0 Å². The first-order valence-electron chi connectivity index (χ1n) is 6.98. The number of hydrogen-bond acceptors (Lipinski definition) is 4. The van der Waals surface area contributed by atoms with Gasteiger partial charge in [0.1, 0.15) is 0 Å². The SMILES string of the molecule is CS(=O)(=O)NCCNC(=O)NCC1CCCCC1C(=O)O. The van der Waals surface area contributed by atoms with E-state index in [0.29, 0.717) is 13.0 Å². The van der Waals surface area contributed by atoms with E-state index in [4.69, 9.17) is 5.11 Å². The van der Waals surface area contributed by atoms with Crippen LogP contribution in [0.3, 0.4) is 0 Å². The maximum atomic E-state index is 11.5. The molecule has 1 aliphatic carbocycles. The normalized spacial score (nSPS) is 22.5. The average molecular weight is 321 g/mol. The van der Waals surface area contributed by atoms with E-state index in [-0.39, 0.29) is 19.0 Å². The molecule has 1 aliphatic rings. The number of sulfonamides is 1. The standard InChI is InChI=1S/C12H23N3O5S/c1-21(19,20)15-7-6-13-12(18)14-8-9-4-2-3-5-10(9)11(16)17/h9-10,15H,2-8H2,1H3,(H,16,17)(H2,13,14,18). The van der Waals surface area contributed by atoms with Gasteiger partial charge < -0.3 is 15.7 Å². The highest BCUT2D eigenvalue weighted by Crippen LogP contribution is 2.29. The molecule has 0 aromatic heterocycles. The number of carbonyl (C=O) groups is 2. The highest BCUT2D eigenvalue weighted by Gasteiger charge is 2.30. The Balaban J connectivity index is 2.24. The van der Waals surface area contributed by atoms with Crippen molar-refractivity contribution in [3.8, 4) is 0 Å². The first kappa shape index (κ1) is 17.7. The summed E-state index contributed by atoms with van der Waals surface area (Å²) in [4.78, 5) is 22.7. The van der Waals surface area contributed by atoms with Crippen molar-refractivity contribution < 1.29 is 23.1 Å². The third kappa shape index (κ3) is 7.28. The van der Waals surface area contributed by atoms with Gasteiger partial charge in [0, 0.05) is 19.6 Å². The summed E-state index contributed by atoms with van der Waals surface area (Å²) in [5, 5.41) is 14.3. The van der Waals surface area contributed by atoms with Crippen LogP contribution in [0.4, 0.5) is 4.79 Å². The zero-order valence-corrected chi connectivity index (χ0v) is 12.9. The van der Waals surface area contributed by atoms with Gasteiger partial charge in [-0.15, -0.1) is 0 Å². The minimum absolute atomic E-state index is 0.0452. The monoisotopic (exact) mass is 321 g/mol. The summed E-state index contributed by atoms with van der Waals surface area (Å²) in [6.45, 7) is 0.613. The van der Waals surface area contributed by atoms with Gasteiger partial charge in [0.2, 0.25) is 10.0 Å². The third-order valence-corrected chi connectivity index (χ3v) is 4.25. The Kier molecular flexibility index (Phi) is 6.90. The van der Waals surface area contributed by atoms with E-state index in [1.165, 1.54) is 0 Å². The molecule has 122 valence electrons. The van der Waals surface area contributed by atoms with Crippen molar-refractivity contribution in [3.63, 3.8) is 0 Å². The molecule has 0 spiro atoms. The topological polar surface area (TPSA) is 125 Å². The molecule has 0 heterocycles. The van der Waals surface area contributed by atoms with Crippen LogP contribution in [0.25, 0.3) is 0 Å². The van der Waals surface area contributed by atoms with E-state index < -0.39 is 27.9 Å². The quantitative estimate of drug-likeness (QED) is 0.480. The summed E-state index contributed by atoms with van der Waals surface area (Å²) < 4.78 is 23.9. The van der Waals surface area contributed by atoms with Crippen molar-refractivity contribution in [1.82, 2.24) is 15.4 Å². The molecule has 0 aromatic carbocycles. The molecular weight excluding hydrogens is 298 g/mol. The molecule has 8 nitrogen and oxygen atoms in total. The van der Waals surface area contributed by atoms with Crippen LogP contribution in [-0.2, 0) is 14.8 Å². The Hall–Kier alpha value is -1.35. The van der Waals surface area contributed by atoms with Crippen LogP contribution in [0.15, 0.2) is 0 Å². The molecule has 0 bridgehead atoms. The summed E-state index contributed by atoms with van der Waals surface area (Å²) in [5.74, 6) is -1.25. The summed E-state index contributed by atoms with van der Waals surface area (Å²) in [6.07, 6.45) is 4.39.